The minimum Gasteiger partial charge on any atom is -0.469 e. The monoisotopic (exact) mass is 471 g/mol. The maximum absolute atomic E-state index is 6.37. The van der Waals surface area contributed by atoms with Gasteiger partial charge in [-0.05, 0) is 42.7 Å². The zero-order chi connectivity index (χ0) is 23.8. The van der Waals surface area contributed by atoms with Crippen LogP contribution in [0.25, 0.3) is 11.1 Å². The first-order chi connectivity index (χ1) is 17.1. The summed E-state index contributed by atoms with van der Waals surface area (Å²) in [6.45, 7) is 4.74. The molecular formula is C29H29NO5. The molecule has 180 valence electrons. The van der Waals surface area contributed by atoms with Crippen molar-refractivity contribution in [2.24, 2.45) is 4.99 Å². The zero-order valence-corrected chi connectivity index (χ0v) is 19.9. The third-order valence-corrected chi connectivity index (χ3v) is 6.60. The molecule has 2 fully saturated rings. The lowest BCUT2D eigenvalue weighted by Gasteiger charge is -2.28. The molecule has 5 atom stereocenters. The highest BCUT2D eigenvalue weighted by Crippen LogP contribution is 2.41. The second-order valence-electron chi connectivity index (χ2n) is 9.58. The molecule has 3 heterocycles. The maximum atomic E-state index is 6.37. The SMILES string of the molecule is CC1(C)O[C@H]2O[C@H]([C@@H]3CN=C(c4ccc(-c5ccccc5)cc4)O3)[C@H](OCc3ccccc3)[C@H]2O1. The molecule has 3 aromatic rings. The van der Waals surface area contributed by atoms with E-state index in [1.165, 1.54) is 5.56 Å². The molecule has 0 aromatic heterocycles. The van der Waals surface area contributed by atoms with Gasteiger partial charge in [-0.1, -0.05) is 72.8 Å². The van der Waals surface area contributed by atoms with Crippen LogP contribution in [-0.4, -0.2) is 48.9 Å². The Morgan fingerprint density at radius 2 is 1.46 bits per heavy atom. The summed E-state index contributed by atoms with van der Waals surface area (Å²) in [5.41, 5.74) is 4.37. The number of fused-ring (bicyclic) bond motifs is 1. The Bertz CT molecular complexity index is 1180. The van der Waals surface area contributed by atoms with E-state index >= 15 is 0 Å². The van der Waals surface area contributed by atoms with Crippen LogP contribution in [0.1, 0.15) is 25.0 Å². The van der Waals surface area contributed by atoms with Gasteiger partial charge in [0.05, 0.1) is 13.2 Å². The number of hydrogen-bond donors (Lipinski definition) is 0. The van der Waals surface area contributed by atoms with Gasteiger partial charge >= 0.3 is 0 Å². The molecule has 0 aliphatic carbocycles. The Morgan fingerprint density at radius 1 is 0.800 bits per heavy atom. The number of aliphatic imine (C=N–C) groups is 1. The highest BCUT2D eigenvalue weighted by Gasteiger charge is 2.58. The van der Waals surface area contributed by atoms with Crippen molar-refractivity contribution >= 4 is 5.90 Å². The lowest BCUT2D eigenvalue weighted by molar-refractivity contribution is -0.227. The highest BCUT2D eigenvalue weighted by molar-refractivity contribution is 5.95. The van der Waals surface area contributed by atoms with Gasteiger partial charge in [0.15, 0.2) is 12.1 Å². The fourth-order valence-electron chi connectivity index (χ4n) is 4.92. The largest absolute Gasteiger partial charge is 0.469 e. The predicted octanol–water partition coefficient (Wildman–Crippen LogP) is 4.96. The topological polar surface area (TPSA) is 58.5 Å². The van der Waals surface area contributed by atoms with E-state index < -0.39 is 12.1 Å². The summed E-state index contributed by atoms with van der Waals surface area (Å²) >= 11 is 0. The smallest absolute Gasteiger partial charge is 0.216 e. The summed E-state index contributed by atoms with van der Waals surface area (Å²) in [6.07, 6.45) is -1.78. The fraction of sp³-hybridized carbons (Fsp3) is 0.345. The number of nitrogens with zero attached hydrogens (tertiary/aromatic N) is 1. The summed E-state index contributed by atoms with van der Waals surface area (Å²) in [5.74, 6) is -0.0906. The van der Waals surface area contributed by atoms with E-state index in [0.29, 0.717) is 19.0 Å². The average molecular weight is 472 g/mol. The normalized spacial score (nSPS) is 29.0. The van der Waals surface area contributed by atoms with E-state index in [4.69, 9.17) is 23.7 Å². The van der Waals surface area contributed by atoms with Crippen LogP contribution >= 0.6 is 0 Å². The first-order valence-corrected chi connectivity index (χ1v) is 12.1. The second kappa shape index (κ2) is 9.21. The van der Waals surface area contributed by atoms with E-state index in [1.807, 2.05) is 74.5 Å². The van der Waals surface area contributed by atoms with Gasteiger partial charge in [-0.3, -0.25) is 0 Å². The molecule has 6 nitrogen and oxygen atoms in total. The van der Waals surface area contributed by atoms with Crippen molar-refractivity contribution in [1.82, 2.24) is 0 Å². The van der Waals surface area contributed by atoms with Gasteiger partial charge < -0.3 is 23.7 Å². The molecule has 0 spiro atoms. The third kappa shape index (κ3) is 4.62. The molecule has 2 saturated heterocycles. The van der Waals surface area contributed by atoms with Crippen molar-refractivity contribution in [3.63, 3.8) is 0 Å². The van der Waals surface area contributed by atoms with Crippen LogP contribution in [0.5, 0.6) is 0 Å². The molecule has 0 radical (unpaired) electrons. The van der Waals surface area contributed by atoms with Crippen LogP contribution in [0.15, 0.2) is 89.9 Å². The Labute approximate surface area is 205 Å². The number of benzene rings is 3. The standard InChI is InChI=1S/C29H29NO5/c1-29(2)34-26-25(31-18-19-9-5-3-6-10-19)24(33-28(26)35-29)23-17-30-27(32-23)22-15-13-21(14-16-22)20-11-7-4-8-12-20/h3-16,23-26,28H,17-18H2,1-2H3/t23-,24+,25-,26+,28+/m0/s1. The molecule has 3 aromatic carbocycles. The lowest BCUT2D eigenvalue weighted by Crippen LogP contribution is -2.44. The first-order valence-electron chi connectivity index (χ1n) is 12.1. The van der Waals surface area contributed by atoms with Gasteiger partial charge in [0, 0.05) is 5.56 Å². The lowest BCUT2D eigenvalue weighted by atomic mass is 10.0. The number of hydrogen-bond acceptors (Lipinski definition) is 6. The van der Waals surface area contributed by atoms with Crippen molar-refractivity contribution in [3.05, 3.63) is 96.1 Å². The Hall–Kier alpha value is -3.03. The van der Waals surface area contributed by atoms with Gasteiger partial charge in [-0.25, -0.2) is 4.99 Å². The molecule has 3 aliphatic heterocycles. The van der Waals surface area contributed by atoms with Crippen molar-refractivity contribution in [2.45, 2.75) is 56.9 Å². The Kier molecular flexibility index (Phi) is 5.90. The minimum absolute atomic E-state index is 0.277. The van der Waals surface area contributed by atoms with E-state index in [9.17, 15) is 0 Å². The van der Waals surface area contributed by atoms with Crippen LogP contribution < -0.4 is 0 Å². The van der Waals surface area contributed by atoms with Gasteiger partial charge in [-0.15, -0.1) is 0 Å². The van der Waals surface area contributed by atoms with Crippen molar-refractivity contribution in [2.75, 3.05) is 6.54 Å². The van der Waals surface area contributed by atoms with E-state index in [2.05, 4.69) is 29.3 Å². The molecule has 0 saturated carbocycles. The van der Waals surface area contributed by atoms with Gasteiger partial charge in [-0.2, -0.15) is 0 Å². The van der Waals surface area contributed by atoms with E-state index in [1.54, 1.807) is 0 Å². The van der Waals surface area contributed by atoms with Gasteiger partial charge in [0.1, 0.15) is 24.4 Å². The molecule has 0 N–H and O–H groups in total. The molecule has 3 aliphatic rings. The van der Waals surface area contributed by atoms with Gasteiger partial charge in [0.25, 0.3) is 0 Å². The van der Waals surface area contributed by atoms with Crippen LogP contribution in [0.3, 0.4) is 0 Å². The third-order valence-electron chi connectivity index (χ3n) is 6.60. The summed E-state index contributed by atoms with van der Waals surface area (Å²) < 4.78 is 31.1. The van der Waals surface area contributed by atoms with Gasteiger partial charge in [0.2, 0.25) is 5.90 Å². The Morgan fingerprint density at radius 3 is 2.20 bits per heavy atom. The molecular weight excluding hydrogens is 442 g/mol. The van der Waals surface area contributed by atoms with Crippen LogP contribution in [-0.2, 0) is 30.3 Å². The molecule has 0 unspecified atom stereocenters. The van der Waals surface area contributed by atoms with Crippen molar-refractivity contribution in [1.29, 1.82) is 0 Å². The van der Waals surface area contributed by atoms with E-state index in [-0.39, 0.29) is 24.4 Å². The summed E-state index contributed by atoms with van der Waals surface area (Å²) in [5, 5.41) is 0. The van der Waals surface area contributed by atoms with Crippen LogP contribution in [0.4, 0.5) is 0 Å². The molecule has 6 rings (SSSR count). The summed E-state index contributed by atoms with van der Waals surface area (Å²) in [7, 11) is 0. The molecule has 0 bridgehead atoms. The highest BCUT2D eigenvalue weighted by atomic mass is 16.8. The zero-order valence-electron chi connectivity index (χ0n) is 19.9. The van der Waals surface area contributed by atoms with Crippen molar-refractivity contribution in [3.8, 4) is 11.1 Å². The summed E-state index contributed by atoms with van der Waals surface area (Å²) in [6, 6.07) is 28.7. The van der Waals surface area contributed by atoms with Crippen molar-refractivity contribution < 1.29 is 23.7 Å². The first kappa shape index (κ1) is 22.4. The van der Waals surface area contributed by atoms with Crippen LogP contribution in [0, 0.1) is 0 Å². The fourth-order valence-corrected chi connectivity index (χ4v) is 4.92. The summed E-state index contributed by atoms with van der Waals surface area (Å²) in [4.78, 5) is 4.69. The quantitative estimate of drug-likeness (QED) is 0.509. The molecule has 35 heavy (non-hydrogen) atoms. The van der Waals surface area contributed by atoms with Crippen LogP contribution in [0.2, 0.25) is 0 Å². The predicted molar refractivity (Wildman–Crippen MR) is 132 cm³/mol. The Balaban J connectivity index is 1.16. The number of rotatable bonds is 6. The minimum atomic E-state index is -0.715. The van der Waals surface area contributed by atoms with E-state index in [0.717, 1.165) is 16.7 Å². The molecule has 0 amide bonds. The number of ether oxygens (including phenoxy) is 5. The molecule has 6 heteroatoms. The average Bonchev–Trinajstić information content (AvgIpc) is 3.57. The second-order valence-corrected chi connectivity index (χ2v) is 9.58. The maximum Gasteiger partial charge on any atom is 0.216 e.